The molecule has 1 aliphatic carbocycles. The summed E-state index contributed by atoms with van der Waals surface area (Å²) in [5.41, 5.74) is 6.06. The fourth-order valence-electron chi connectivity index (χ4n) is 2.73. The normalized spacial score (nSPS) is 21.8. The molecule has 1 unspecified atom stereocenters. The summed E-state index contributed by atoms with van der Waals surface area (Å²) in [5.74, 6) is 0. The van der Waals surface area contributed by atoms with Crippen LogP contribution >= 0.6 is 0 Å². The van der Waals surface area contributed by atoms with Crippen LogP contribution in [-0.2, 0) is 10.3 Å². The second-order valence-electron chi connectivity index (χ2n) is 6.06. The van der Waals surface area contributed by atoms with Gasteiger partial charge in [-0.3, -0.25) is 0 Å². The predicted octanol–water partition coefficient (Wildman–Crippen LogP) is 2.57. The highest BCUT2D eigenvalue weighted by Gasteiger charge is 2.29. The maximum atomic E-state index is 10.4. The number of rotatable bonds is 5. The minimum Gasteiger partial charge on any atom is -0.383 e. The van der Waals surface area contributed by atoms with Crippen molar-refractivity contribution in [1.82, 2.24) is 0 Å². The van der Waals surface area contributed by atoms with Crippen LogP contribution in [0.4, 0.5) is 0 Å². The second kappa shape index (κ2) is 6.04. The highest BCUT2D eigenvalue weighted by Crippen LogP contribution is 2.27. The molecule has 1 aromatic carbocycles. The molecule has 1 aliphatic rings. The summed E-state index contributed by atoms with van der Waals surface area (Å²) in [4.78, 5) is 0. The number of hydrogen-bond acceptors (Lipinski definition) is 3. The van der Waals surface area contributed by atoms with Crippen LogP contribution in [0, 0.1) is 0 Å². The quantitative estimate of drug-likeness (QED) is 0.858. The van der Waals surface area contributed by atoms with Crippen molar-refractivity contribution in [3.8, 4) is 0 Å². The third kappa shape index (κ3) is 4.03. The average molecular weight is 263 g/mol. The molecule has 1 atom stereocenters. The van der Waals surface area contributed by atoms with Crippen molar-refractivity contribution in [2.45, 2.75) is 50.2 Å². The van der Waals surface area contributed by atoms with Crippen molar-refractivity contribution in [2.75, 3.05) is 13.2 Å². The summed E-state index contributed by atoms with van der Waals surface area (Å²) in [6.07, 6.45) is 5.71. The van der Waals surface area contributed by atoms with Gasteiger partial charge in [-0.1, -0.05) is 49.6 Å². The molecule has 0 heterocycles. The van der Waals surface area contributed by atoms with Crippen LogP contribution in [0.1, 0.15) is 44.6 Å². The van der Waals surface area contributed by atoms with Crippen molar-refractivity contribution in [3.05, 3.63) is 35.9 Å². The first-order valence-corrected chi connectivity index (χ1v) is 7.16. The van der Waals surface area contributed by atoms with E-state index in [4.69, 9.17) is 10.5 Å². The predicted molar refractivity (Wildman–Crippen MR) is 76.8 cm³/mol. The fourth-order valence-corrected chi connectivity index (χ4v) is 2.73. The lowest BCUT2D eigenvalue weighted by Gasteiger charge is -2.34. The summed E-state index contributed by atoms with van der Waals surface area (Å²) < 4.78 is 5.72. The first-order valence-electron chi connectivity index (χ1n) is 7.16. The third-order valence-electron chi connectivity index (χ3n) is 4.02. The van der Waals surface area contributed by atoms with E-state index in [9.17, 15) is 5.11 Å². The van der Waals surface area contributed by atoms with Crippen LogP contribution in [0.5, 0.6) is 0 Å². The van der Waals surface area contributed by atoms with Crippen molar-refractivity contribution in [1.29, 1.82) is 0 Å². The molecule has 0 radical (unpaired) electrons. The van der Waals surface area contributed by atoms with Crippen molar-refractivity contribution >= 4 is 0 Å². The van der Waals surface area contributed by atoms with Crippen LogP contribution in [-0.4, -0.2) is 23.9 Å². The van der Waals surface area contributed by atoms with Gasteiger partial charge in [0.25, 0.3) is 0 Å². The standard InChI is InChI=1S/C16H25NO2/c1-15(18,14-8-4-2-5-9-14)12-19-13-16(17)10-6-3-7-11-16/h2,4-5,8-9,18H,3,6-7,10-13,17H2,1H3. The zero-order valence-corrected chi connectivity index (χ0v) is 11.8. The van der Waals surface area contributed by atoms with E-state index in [-0.39, 0.29) is 12.1 Å². The Kier molecular flexibility index (Phi) is 4.61. The second-order valence-corrected chi connectivity index (χ2v) is 6.06. The molecule has 3 N–H and O–H groups in total. The number of aliphatic hydroxyl groups is 1. The van der Waals surface area contributed by atoms with E-state index in [1.54, 1.807) is 6.92 Å². The highest BCUT2D eigenvalue weighted by molar-refractivity contribution is 5.21. The number of ether oxygens (including phenoxy) is 1. The van der Waals surface area contributed by atoms with Gasteiger partial charge in [0.2, 0.25) is 0 Å². The fraction of sp³-hybridized carbons (Fsp3) is 0.625. The van der Waals surface area contributed by atoms with Crippen LogP contribution in [0.2, 0.25) is 0 Å². The van der Waals surface area contributed by atoms with Gasteiger partial charge in [0.05, 0.1) is 13.2 Å². The van der Waals surface area contributed by atoms with Gasteiger partial charge >= 0.3 is 0 Å². The van der Waals surface area contributed by atoms with Gasteiger partial charge < -0.3 is 15.6 Å². The summed E-state index contributed by atoms with van der Waals surface area (Å²) >= 11 is 0. The van der Waals surface area contributed by atoms with Gasteiger partial charge in [-0.2, -0.15) is 0 Å². The Hall–Kier alpha value is -0.900. The van der Waals surface area contributed by atoms with Crippen LogP contribution in [0.3, 0.4) is 0 Å². The first kappa shape index (κ1) is 14.5. The maximum Gasteiger partial charge on any atom is 0.110 e. The smallest absolute Gasteiger partial charge is 0.110 e. The Bertz CT molecular complexity index is 383. The van der Waals surface area contributed by atoms with Crippen LogP contribution in [0.25, 0.3) is 0 Å². The molecule has 1 fully saturated rings. The summed E-state index contributed by atoms with van der Waals surface area (Å²) in [6.45, 7) is 2.61. The molecule has 1 aromatic rings. The van der Waals surface area contributed by atoms with Gasteiger partial charge in [0.15, 0.2) is 0 Å². The molecule has 0 saturated heterocycles. The van der Waals surface area contributed by atoms with E-state index >= 15 is 0 Å². The number of benzene rings is 1. The Labute approximate surface area is 115 Å². The largest absolute Gasteiger partial charge is 0.383 e. The van der Waals surface area contributed by atoms with E-state index in [2.05, 4.69) is 0 Å². The Balaban J connectivity index is 1.84. The molecule has 1 saturated carbocycles. The topological polar surface area (TPSA) is 55.5 Å². The van der Waals surface area contributed by atoms with Gasteiger partial charge in [-0.05, 0) is 25.3 Å². The molecule has 0 aliphatic heterocycles. The number of hydrogen-bond donors (Lipinski definition) is 2. The third-order valence-corrected chi connectivity index (χ3v) is 4.02. The molecular formula is C16H25NO2. The monoisotopic (exact) mass is 263 g/mol. The summed E-state index contributed by atoms with van der Waals surface area (Å²) in [7, 11) is 0. The lowest BCUT2D eigenvalue weighted by molar-refractivity contribution is -0.0529. The van der Waals surface area contributed by atoms with Crippen molar-refractivity contribution < 1.29 is 9.84 Å². The van der Waals surface area contributed by atoms with E-state index in [0.717, 1.165) is 18.4 Å². The average Bonchev–Trinajstić information content (AvgIpc) is 2.40. The molecule has 0 amide bonds. The number of nitrogens with two attached hydrogens (primary N) is 1. The van der Waals surface area contributed by atoms with Crippen LogP contribution < -0.4 is 5.73 Å². The zero-order chi connectivity index (χ0) is 13.8. The molecule has 0 bridgehead atoms. The molecular weight excluding hydrogens is 238 g/mol. The molecule has 3 nitrogen and oxygen atoms in total. The minimum atomic E-state index is -0.952. The minimum absolute atomic E-state index is 0.189. The molecule has 2 rings (SSSR count). The van der Waals surface area contributed by atoms with E-state index in [1.807, 2.05) is 30.3 Å². The summed E-state index contributed by atoms with van der Waals surface area (Å²) in [5, 5.41) is 10.4. The lowest BCUT2D eigenvalue weighted by atomic mass is 9.83. The van der Waals surface area contributed by atoms with E-state index in [0.29, 0.717) is 6.61 Å². The van der Waals surface area contributed by atoms with Gasteiger partial charge in [0.1, 0.15) is 5.60 Å². The van der Waals surface area contributed by atoms with Crippen molar-refractivity contribution in [2.24, 2.45) is 5.73 Å². The Morgan fingerprint density at radius 2 is 1.84 bits per heavy atom. The molecule has 0 aromatic heterocycles. The van der Waals surface area contributed by atoms with Gasteiger partial charge in [0, 0.05) is 5.54 Å². The zero-order valence-electron chi connectivity index (χ0n) is 11.8. The molecule has 106 valence electrons. The van der Waals surface area contributed by atoms with Gasteiger partial charge in [-0.15, -0.1) is 0 Å². The van der Waals surface area contributed by atoms with E-state index in [1.165, 1.54) is 19.3 Å². The SMILES string of the molecule is CC(O)(COCC1(N)CCCCC1)c1ccccc1. The Morgan fingerprint density at radius 3 is 2.47 bits per heavy atom. The molecule has 3 heteroatoms. The molecule has 0 spiro atoms. The van der Waals surface area contributed by atoms with Gasteiger partial charge in [-0.25, -0.2) is 0 Å². The highest BCUT2D eigenvalue weighted by atomic mass is 16.5. The van der Waals surface area contributed by atoms with Crippen LogP contribution in [0.15, 0.2) is 30.3 Å². The Morgan fingerprint density at radius 1 is 1.21 bits per heavy atom. The van der Waals surface area contributed by atoms with E-state index < -0.39 is 5.60 Å². The molecule has 19 heavy (non-hydrogen) atoms. The first-order chi connectivity index (χ1) is 9.02. The maximum absolute atomic E-state index is 10.4. The summed E-state index contributed by atoms with van der Waals surface area (Å²) in [6, 6.07) is 9.63. The lowest BCUT2D eigenvalue weighted by Crippen LogP contribution is -2.47. The van der Waals surface area contributed by atoms with Crippen molar-refractivity contribution in [3.63, 3.8) is 0 Å².